The molecule has 1 saturated carbocycles. The van der Waals surface area contributed by atoms with Crippen LogP contribution in [-0.2, 0) is 0 Å². The molecule has 2 fully saturated rings. The Balaban J connectivity index is 1.42. The first-order valence-electron chi connectivity index (χ1n) is 13.7. The van der Waals surface area contributed by atoms with Crippen LogP contribution in [-0.4, -0.2) is 45.8 Å². The molecular formula is C31H36N4O2S. The van der Waals surface area contributed by atoms with Crippen LogP contribution >= 0.6 is 11.3 Å². The van der Waals surface area contributed by atoms with Crippen molar-refractivity contribution in [2.24, 2.45) is 11.8 Å². The summed E-state index contributed by atoms with van der Waals surface area (Å²) < 4.78 is 0. The molecule has 0 spiro atoms. The van der Waals surface area contributed by atoms with E-state index in [1.165, 1.54) is 12.8 Å². The average molecular weight is 529 g/mol. The molecule has 3 aromatic rings. The molecule has 7 heteroatoms. The summed E-state index contributed by atoms with van der Waals surface area (Å²) >= 11 is 1.59. The number of para-hydroxylation sites is 1. The lowest BCUT2D eigenvalue weighted by molar-refractivity contribution is 0.0698. The SMILES string of the molecule is C/C=C\C=C(/CC)c1sc(C)nc1C(=O)N1C[C@H]2CCCC[C@@H]2[C@H]1CNC(=O)c1cccc2cccnc12. The zero-order valence-electron chi connectivity index (χ0n) is 22.4. The molecule has 3 heterocycles. The summed E-state index contributed by atoms with van der Waals surface area (Å²) in [5, 5.41) is 5.01. The van der Waals surface area contributed by atoms with Crippen molar-refractivity contribution in [2.45, 2.75) is 58.9 Å². The highest BCUT2D eigenvalue weighted by molar-refractivity contribution is 7.13. The topological polar surface area (TPSA) is 75.2 Å². The van der Waals surface area contributed by atoms with Crippen LogP contribution in [0.2, 0.25) is 0 Å². The number of allylic oxidation sites excluding steroid dienone is 4. The van der Waals surface area contributed by atoms with Gasteiger partial charge in [0.25, 0.3) is 11.8 Å². The average Bonchev–Trinajstić information content (AvgIpc) is 3.52. The molecule has 38 heavy (non-hydrogen) atoms. The van der Waals surface area contributed by atoms with Gasteiger partial charge in [-0.3, -0.25) is 14.6 Å². The second-order valence-electron chi connectivity index (χ2n) is 10.3. The number of pyridine rings is 1. The summed E-state index contributed by atoms with van der Waals surface area (Å²) in [6.07, 6.45) is 13.3. The maximum Gasteiger partial charge on any atom is 0.274 e. The van der Waals surface area contributed by atoms with Crippen LogP contribution in [0.25, 0.3) is 16.5 Å². The number of nitrogens with zero attached hydrogens (tertiary/aromatic N) is 3. The summed E-state index contributed by atoms with van der Waals surface area (Å²) in [5.41, 5.74) is 2.95. The van der Waals surface area contributed by atoms with Crippen LogP contribution in [0.4, 0.5) is 0 Å². The van der Waals surface area contributed by atoms with E-state index >= 15 is 0 Å². The molecule has 5 rings (SSSR count). The quantitative estimate of drug-likeness (QED) is 0.359. The van der Waals surface area contributed by atoms with Crippen molar-refractivity contribution in [2.75, 3.05) is 13.1 Å². The predicted molar refractivity (Wildman–Crippen MR) is 154 cm³/mol. The van der Waals surface area contributed by atoms with E-state index in [2.05, 4.69) is 23.3 Å². The summed E-state index contributed by atoms with van der Waals surface area (Å²) in [7, 11) is 0. The Bertz CT molecular complexity index is 1390. The number of rotatable bonds is 7. The Hall–Kier alpha value is -3.32. The number of thiazole rings is 1. The molecule has 0 bridgehead atoms. The fourth-order valence-electron chi connectivity index (χ4n) is 6.16. The van der Waals surface area contributed by atoms with Gasteiger partial charge in [0.1, 0.15) is 5.69 Å². The standard InChI is InChI=1S/C31H36N4O2S/c1-4-6-11-21(5-2)29-28(34-20(3)38-29)31(37)35-19-23-12-7-8-15-24(23)26(35)18-33-30(36)25-16-9-13-22-14-10-17-32-27(22)25/h4,6,9-11,13-14,16-17,23-24,26H,5,7-8,12,15,18-19H2,1-3H3,(H,33,36)/b6-4-,21-11+/t23-,24+,26-/m1/s1. The first-order chi connectivity index (χ1) is 18.5. The van der Waals surface area contributed by atoms with E-state index in [1.807, 2.05) is 61.2 Å². The minimum Gasteiger partial charge on any atom is -0.350 e. The monoisotopic (exact) mass is 528 g/mol. The highest BCUT2D eigenvalue weighted by Gasteiger charge is 2.45. The minimum absolute atomic E-state index is 0.00958. The van der Waals surface area contributed by atoms with Crippen LogP contribution in [0.5, 0.6) is 0 Å². The summed E-state index contributed by atoms with van der Waals surface area (Å²) in [4.78, 5) is 39.6. The summed E-state index contributed by atoms with van der Waals surface area (Å²) in [6, 6.07) is 9.47. The molecule has 1 saturated heterocycles. The third-order valence-electron chi connectivity index (χ3n) is 8.00. The lowest BCUT2D eigenvalue weighted by Crippen LogP contribution is -2.46. The maximum absolute atomic E-state index is 14.1. The number of hydrogen-bond donors (Lipinski definition) is 1. The molecule has 198 valence electrons. The Labute approximate surface area is 228 Å². The smallest absolute Gasteiger partial charge is 0.274 e. The molecule has 1 aromatic carbocycles. The molecule has 2 amide bonds. The molecule has 1 aliphatic heterocycles. The van der Waals surface area contributed by atoms with Gasteiger partial charge in [0.2, 0.25) is 0 Å². The number of hydrogen-bond acceptors (Lipinski definition) is 5. The zero-order valence-corrected chi connectivity index (χ0v) is 23.3. The lowest BCUT2D eigenvalue weighted by atomic mass is 9.78. The molecule has 6 nitrogen and oxygen atoms in total. The van der Waals surface area contributed by atoms with E-state index in [0.717, 1.165) is 46.7 Å². The number of benzene rings is 1. The number of carbonyl (C=O) groups excluding carboxylic acids is 2. The molecule has 0 radical (unpaired) electrons. The molecule has 1 N–H and O–H groups in total. The van der Waals surface area contributed by atoms with Gasteiger partial charge in [0.15, 0.2) is 0 Å². The van der Waals surface area contributed by atoms with Gasteiger partial charge in [-0.25, -0.2) is 4.98 Å². The van der Waals surface area contributed by atoms with Crippen molar-refractivity contribution >= 4 is 39.6 Å². The third-order valence-corrected chi connectivity index (χ3v) is 9.05. The van der Waals surface area contributed by atoms with Crippen LogP contribution in [0, 0.1) is 18.8 Å². The third kappa shape index (κ3) is 5.17. The lowest BCUT2D eigenvalue weighted by Gasteiger charge is -2.30. The predicted octanol–water partition coefficient (Wildman–Crippen LogP) is 6.43. The normalized spacial score (nSPS) is 21.7. The van der Waals surface area contributed by atoms with E-state index in [0.29, 0.717) is 35.2 Å². The molecule has 3 atom stereocenters. The molecule has 2 aliphatic rings. The highest BCUT2D eigenvalue weighted by atomic mass is 32.1. The van der Waals surface area contributed by atoms with E-state index in [9.17, 15) is 9.59 Å². The second kappa shape index (κ2) is 11.6. The number of fused-ring (bicyclic) bond motifs is 2. The number of aromatic nitrogens is 2. The van der Waals surface area contributed by atoms with Gasteiger partial charge in [-0.15, -0.1) is 11.3 Å². The Morgan fingerprint density at radius 3 is 2.82 bits per heavy atom. The summed E-state index contributed by atoms with van der Waals surface area (Å²) in [6.45, 7) is 7.24. The molecular weight excluding hydrogens is 492 g/mol. The minimum atomic E-state index is -0.145. The Morgan fingerprint density at radius 1 is 1.18 bits per heavy atom. The van der Waals surface area contributed by atoms with Crippen LogP contribution in [0.1, 0.15) is 76.7 Å². The largest absolute Gasteiger partial charge is 0.350 e. The number of amides is 2. The summed E-state index contributed by atoms with van der Waals surface area (Å²) in [5.74, 6) is 0.714. The van der Waals surface area contributed by atoms with Gasteiger partial charge in [0.05, 0.1) is 27.0 Å². The van der Waals surface area contributed by atoms with Crippen molar-refractivity contribution < 1.29 is 9.59 Å². The highest BCUT2D eigenvalue weighted by Crippen LogP contribution is 2.41. The number of likely N-dealkylation sites (tertiary alicyclic amines) is 1. The molecule has 0 unspecified atom stereocenters. The molecule has 2 aromatic heterocycles. The van der Waals surface area contributed by atoms with Gasteiger partial charge in [0, 0.05) is 24.7 Å². The van der Waals surface area contributed by atoms with Crippen molar-refractivity contribution in [3.63, 3.8) is 0 Å². The van der Waals surface area contributed by atoms with Crippen molar-refractivity contribution in [1.82, 2.24) is 20.2 Å². The van der Waals surface area contributed by atoms with Gasteiger partial charge >= 0.3 is 0 Å². The number of aryl methyl sites for hydroxylation is 1. The number of carbonyl (C=O) groups is 2. The van der Waals surface area contributed by atoms with Crippen molar-refractivity contribution in [3.05, 3.63) is 75.9 Å². The maximum atomic E-state index is 14.1. The van der Waals surface area contributed by atoms with Gasteiger partial charge < -0.3 is 10.2 Å². The van der Waals surface area contributed by atoms with Gasteiger partial charge in [-0.1, -0.05) is 56.2 Å². The second-order valence-corrected chi connectivity index (χ2v) is 11.5. The van der Waals surface area contributed by atoms with E-state index in [-0.39, 0.29) is 17.9 Å². The van der Waals surface area contributed by atoms with Crippen molar-refractivity contribution in [1.29, 1.82) is 0 Å². The number of nitrogens with one attached hydrogen (secondary N) is 1. The van der Waals surface area contributed by atoms with Crippen LogP contribution in [0.3, 0.4) is 0 Å². The van der Waals surface area contributed by atoms with Crippen LogP contribution in [0.15, 0.2) is 54.8 Å². The van der Waals surface area contributed by atoms with E-state index in [4.69, 9.17) is 4.98 Å². The van der Waals surface area contributed by atoms with Gasteiger partial charge in [-0.05, 0) is 62.7 Å². The van der Waals surface area contributed by atoms with Crippen molar-refractivity contribution in [3.8, 4) is 0 Å². The Morgan fingerprint density at radius 2 is 2.00 bits per heavy atom. The van der Waals surface area contributed by atoms with Gasteiger partial charge in [-0.2, -0.15) is 0 Å². The Kier molecular flexibility index (Phi) is 8.03. The van der Waals surface area contributed by atoms with E-state index < -0.39 is 0 Å². The first kappa shape index (κ1) is 26.3. The first-order valence-corrected chi connectivity index (χ1v) is 14.6. The fourth-order valence-corrected chi connectivity index (χ4v) is 7.16. The molecule has 1 aliphatic carbocycles. The van der Waals surface area contributed by atoms with E-state index in [1.54, 1.807) is 17.5 Å². The van der Waals surface area contributed by atoms with Crippen LogP contribution < -0.4 is 5.32 Å². The zero-order chi connectivity index (χ0) is 26.6. The fraction of sp³-hybridized carbons (Fsp3) is 0.419.